The van der Waals surface area contributed by atoms with Gasteiger partial charge in [0, 0.05) is 44.9 Å². The summed E-state index contributed by atoms with van der Waals surface area (Å²) in [5.41, 5.74) is 2.48. The third-order valence-corrected chi connectivity index (χ3v) is 4.84. The number of likely N-dealkylation sites (N-methyl/N-ethyl adjacent to an activating group) is 1. The molecule has 0 aliphatic carbocycles. The number of hydrogen-bond donors (Lipinski definition) is 0. The fourth-order valence-corrected chi connectivity index (χ4v) is 3.58. The molecule has 0 radical (unpaired) electrons. The van der Waals surface area contributed by atoms with E-state index in [1.54, 1.807) is 0 Å². The van der Waals surface area contributed by atoms with Crippen LogP contribution in [0.15, 0.2) is 24.3 Å². The van der Waals surface area contributed by atoms with Crippen LogP contribution >= 0.6 is 0 Å². The molecule has 4 heteroatoms. The number of ether oxygens (including phenoxy) is 1. The molecule has 2 atom stereocenters. The molecule has 3 rings (SSSR count). The molecule has 0 aromatic heterocycles. The fraction of sp³-hybridized carbons (Fsp3) is 0.611. The molecule has 0 N–H and O–H groups in total. The first-order valence-electron chi connectivity index (χ1n) is 8.35. The third-order valence-electron chi connectivity index (χ3n) is 4.84. The van der Waals surface area contributed by atoms with Gasteiger partial charge in [-0.25, -0.2) is 0 Å². The molecule has 4 nitrogen and oxygen atoms in total. The minimum absolute atomic E-state index is 0.231. The zero-order chi connectivity index (χ0) is 15.5. The van der Waals surface area contributed by atoms with Crippen LogP contribution in [-0.4, -0.2) is 43.2 Å². The Labute approximate surface area is 133 Å². The van der Waals surface area contributed by atoms with Crippen LogP contribution in [0.2, 0.25) is 0 Å². The van der Waals surface area contributed by atoms with Gasteiger partial charge in [0.15, 0.2) is 0 Å². The molecular formula is C18H26N2O2. The van der Waals surface area contributed by atoms with Gasteiger partial charge in [0.05, 0.1) is 6.10 Å². The van der Waals surface area contributed by atoms with Gasteiger partial charge >= 0.3 is 0 Å². The number of benzene rings is 1. The monoisotopic (exact) mass is 302 g/mol. The van der Waals surface area contributed by atoms with Gasteiger partial charge in [0.2, 0.25) is 5.91 Å². The number of para-hydroxylation sites is 1. The number of nitrogens with zero attached hydrogens (tertiary/aromatic N) is 2. The van der Waals surface area contributed by atoms with E-state index in [-0.39, 0.29) is 11.9 Å². The molecule has 1 aromatic rings. The zero-order valence-electron chi connectivity index (χ0n) is 13.6. The second-order valence-corrected chi connectivity index (χ2v) is 6.55. The van der Waals surface area contributed by atoms with Crippen LogP contribution in [0.5, 0.6) is 0 Å². The molecule has 0 unspecified atom stereocenters. The van der Waals surface area contributed by atoms with Crippen molar-refractivity contribution in [1.29, 1.82) is 0 Å². The lowest BCUT2D eigenvalue weighted by molar-refractivity contribution is -0.134. The number of fused-ring (bicyclic) bond motifs is 1. The van der Waals surface area contributed by atoms with Crippen molar-refractivity contribution < 1.29 is 9.53 Å². The first-order chi connectivity index (χ1) is 10.6. The van der Waals surface area contributed by atoms with E-state index in [1.807, 2.05) is 4.90 Å². The molecule has 0 saturated carbocycles. The molecule has 2 heterocycles. The molecule has 0 spiro atoms. The molecule has 1 aromatic carbocycles. The van der Waals surface area contributed by atoms with E-state index >= 15 is 0 Å². The van der Waals surface area contributed by atoms with Crippen molar-refractivity contribution in [3.63, 3.8) is 0 Å². The minimum atomic E-state index is 0.231. The molecule has 1 amide bonds. The van der Waals surface area contributed by atoms with Crippen LogP contribution in [0.25, 0.3) is 0 Å². The van der Waals surface area contributed by atoms with Crippen LogP contribution in [0.3, 0.4) is 0 Å². The maximum atomic E-state index is 12.7. The van der Waals surface area contributed by atoms with Crippen LogP contribution in [-0.2, 0) is 16.1 Å². The van der Waals surface area contributed by atoms with Crippen molar-refractivity contribution in [2.45, 2.75) is 51.3 Å². The molecule has 0 bridgehead atoms. The first kappa shape index (κ1) is 15.3. The second kappa shape index (κ2) is 6.69. The Kier molecular flexibility index (Phi) is 4.67. The maximum Gasteiger partial charge on any atom is 0.223 e. The highest BCUT2D eigenvalue weighted by Gasteiger charge is 2.27. The summed E-state index contributed by atoms with van der Waals surface area (Å²) in [4.78, 5) is 17.0. The number of anilines is 1. The maximum absolute atomic E-state index is 12.7. The lowest BCUT2D eigenvalue weighted by atomic mass is 10.1. The number of rotatable bonds is 3. The highest BCUT2D eigenvalue weighted by Crippen LogP contribution is 2.27. The van der Waals surface area contributed by atoms with E-state index in [2.05, 4.69) is 43.1 Å². The SMILES string of the molecule is C[C@H]1CN(C)c2ccccc2CN1C(=O)CC[C@H]1CCCO1. The summed E-state index contributed by atoms with van der Waals surface area (Å²) >= 11 is 0. The Morgan fingerprint density at radius 2 is 2.18 bits per heavy atom. The molecule has 22 heavy (non-hydrogen) atoms. The van der Waals surface area contributed by atoms with Crippen molar-refractivity contribution in [2.75, 3.05) is 25.1 Å². The van der Waals surface area contributed by atoms with E-state index in [4.69, 9.17) is 4.74 Å². The highest BCUT2D eigenvalue weighted by molar-refractivity contribution is 5.77. The Balaban J connectivity index is 1.68. The second-order valence-electron chi connectivity index (χ2n) is 6.55. The summed E-state index contributed by atoms with van der Waals surface area (Å²) in [6.07, 6.45) is 3.99. The summed E-state index contributed by atoms with van der Waals surface area (Å²) in [7, 11) is 2.11. The van der Waals surface area contributed by atoms with E-state index in [0.29, 0.717) is 19.1 Å². The van der Waals surface area contributed by atoms with Gasteiger partial charge in [-0.2, -0.15) is 0 Å². The van der Waals surface area contributed by atoms with Gasteiger partial charge in [0.1, 0.15) is 0 Å². The Morgan fingerprint density at radius 1 is 1.36 bits per heavy atom. The molecule has 120 valence electrons. The van der Waals surface area contributed by atoms with E-state index in [1.165, 1.54) is 11.3 Å². The summed E-state index contributed by atoms with van der Waals surface area (Å²) in [6.45, 7) is 4.60. The van der Waals surface area contributed by atoms with Gasteiger partial charge in [-0.15, -0.1) is 0 Å². The van der Waals surface area contributed by atoms with Gasteiger partial charge in [-0.1, -0.05) is 18.2 Å². The molecule has 1 fully saturated rings. The smallest absolute Gasteiger partial charge is 0.223 e. The van der Waals surface area contributed by atoms with Crippen molar-refractivity contribution in [3.8, 4) is 0 Å². The van der Waals surface area contributed by atoms with Crippen LogP contribution in [0.4, 0.5) is 5.69 Å². The number of carbonyl (C=O) groups excluding carboxylic acids is 1. The Hall–Kier alpha value is -1.55. The summed E-state index contributed by atoms with van der Waals surface area (Å²) in [5, 5.41) is 0. The van der Waals surface area contributed by atoms with Gasteiger partial charge in [0.25, 0.3) is 0 Å². The van der Waals surface area contributed by atoms with Crippen molar-refractivity contribution in [1.82, 2.24) is 4.90 Å². The average Bonchev–Trinajstić information content (AvgIpc) is 2.99. The van der Waals surface area contributed by atoms with Gasteiger partial charge in [-0.3, -0.25) is 4.79 Å². The lowest BCUT2D eigenvalue weighted by Gasteiger charge is -2.29. The lowest BCUT2D eigenvalue weighted by Crippen LogP contribution is -2.42. The van der Waals surface area contributed by atoms with E-state index in [9.17, 15) is 4.79 Å². The standard InChI is InChI=1S/C18H26N2O2/c1-14-12-19(2)17-8-4-3-6-15(17)13-20(14)18(21)10-9-16-7-5-11-22-16/h3-4,6,8,14,16H,5,7,9-13H2,1-2H3/t14-,16+/m0/s1. The topological polar surface area (TPSA) is 32.8 Å². The van der Waals surface area contributed by atoms with Crippen molar-refractivity contribution >= 4 is 11.6 Å². The summed E-state index contributed by atoms with van der Waals surface area (Å²) in [6, 6.07) is 8.62. The van der Waals surface area contributed by atoms with Crippen molar-refractivity contribution in [2.24, 2.45) is 0 Å². The average molecular weight is 302 g/mol. The van der Waals surface area contributed by atoms with E-state index in [0.717, 1.165) is 32.4 Å². The first-order valence-corrected chi connectivity index (χ1v) is 8.35. The van der Waals surface area contributed by atoms with Crippen molar-refractivity contribution in [3.05, 3.63) is 29.8 Å². The molecule has 1 saturated heterocycles. The predicted molar refractivity (Wildman–Crippen MR) is 87.9 cm³/mol. The Bertz CT molecular complexity index is 526. The zero-order valence-corrected chi connectivity index (χ0v) is 13.6. The highest BCUT2D eigenvalue weighted by atomic mass is 16.5. The molecule has 2 aliphatic rings. The predicted octanol–water partition coefficient (Wildman–Crippen LogP) is 2.81. The third kappa shape index (κ3) is 3.27. The van der Waals surface area contributed by atoms with Crippen LogP contribution in [0, 0.1) is 0 Å². The minimum Gasteiger partial charge on any atom is -0.378 e. The molecular weight excluding hydrogens is 276 g/mol. The fourth-order valence-electron chi connectivity index (χ4n) is 3.58. The summed E-state index contributed by atoms with van der Waals surface area (Å²) in [5.74, 6) is 0.258. The largest absolute Gasteiger partial charge is 0.378 e. The summed E-state index contributed by atoms with van der Waals surface area (Å²) < 4.78 is 5.64. The number of hydrogen-bond acceptors (Lipinski definition) is 3. The quantitative estimate of drug-likeness (QED) is 0.861. The number of carbonyl (C=O) groups is 1. The normalized spacial score (nSPS) is 25.0. The number of amides is 1. The van der Waals surface area contributed by atoms with Crippen LogP contribution < -0.4 is 4.90 Å². The van der Waals surface area contributed by atoms with E-state index < -0.39 is 0 Å². The molecule has 2 aliphatic heterocycles. The van der Waals surface area contributed by atoms with Gasteiger partial charge < -0.3 is 14.5 Å². The van der Waals surface area contributed by atoms with Gasteiger partial charge in [-0.05, 0) is 37.8 Å². The Morgan fingerprint density at radius 3 is 2.95 bits per heavy atom. The van der Waals surface area contributed by atoms with Crippen LogP contribution in [0.1, 0.15) is 38.2 Å².